The topological polar surface area (TPSA) is 49.2 Å². The Morgan fingerprint density at radius 2 is 2.00 bits per heavy atom. The highest BCUT2D eigenvalue weighted by Gasteiger charge is 2.41. The van der Waals surface area contributed by atoms with Gasteiger partial charge in [0.15, 0.2) is 0 Å². The maximum atomic E-state index is 10.3. The van der Waals surface area contributed by atoms with Gasteiger partial charge in [-0.1, -0.05) is 6.92 Å². The first kappa shape index (κ1) is 13.5. The van der Waals surface area contributed by atoms with E-state index in [9.17, 15) is 5.11 Å². The van der Waals surface area contributed by atoms with E-state index >= 15 is 0 Å². The smallest absolute Gasteiger partial charge is 0.141 e. The number of nitrogens with zero attached hydrogens (tertiary/aromatic N) is 3. The lowest BCUT2D eigenvalue weighted by Gasteiger charge is -2.47. The van der Waals surface area contributed by atoms with E-state index in [0.29, 0.717) is 13.1 Å². The number of β-amino-alcohol motifs (C(OH)–C–C–N with tert-alkyl or cyclic N) is 1. The second-order valence-electron chi connectivity index (χ2n) is 6.42. The molecule has 21 heavy (non-hydrogen) atoms. The normalized spacial score (nSPS) is 20.4. The van der Waals surface area contributed by atoms with E-state index in [4.69, 9.17) is 4.98 Å². The van der Waals surface area contributed by atoms with Gasteiger partial charge < -0.3 is 10.0 Å². The third-order valence-electron chi connectivity index (χ3n) is 4.84. The standard InChI is InChI=1S/C16H21N3OS/c1-3-16(20)8-19(9-16)14-13-11-6-4-5-7-12(11)21-15(13)18-10(2)17-14/h20H,3-9H2,1-2H3. The van der Waals surface area contributed by atoms with Crippen LogP contribution in [0.2, 0.25) is 0 Å². The molecule has 2 aliphatic rings. The van der Waals surface area contributed by atoms with E-state index < -0.39 is 5.60 Å². The lowest BCUT2D eigenvalue weighted by atomic mass is 9.90. The van der Waals surface area contributed by atoms with Gasteiger partial charge in [0, 0.05) is 18.0 Å². The molecule has 0 unspecified atom stereocenters. The van der Waals surface area contributed by atoms with Gasteiger partial charge in [-0.3, -0.25) is 0 Å². The van der Waals surface area contributed by atoms with Crippen LogP contribution in [0, 0.1) is 6.92 Å². The summed E-state index contributed by atoms with van der Waals surface area (Å²) in [5.74, 6) is 1.89. The van der Waals surface area contributed by atoms with Crippen LogP contribution in [0.3, 0.4) is 0 Å². The van der Waals surface area contributed by atoms with Crippen molar-refractivity contribution >= 4 is 27.4 Å². The van der Waals surface area contributed by atoms with Gasteiger partial charge in [-0.15, -0.1) is 11.3 Å². The average molecular weight is 303 g/mol. The molecule has 5 heteroatoms. The molecule has 2 aromatic rings. The minimum atomic E-state index is -0.527. The molecule has 0 atom stereocenters. The summed E-state index contributed by atoms with van der Waals surface area (Å²) in [5, 5.41) is 11.6. The van der Waals surface area contributed by atoms with Crippen molar-refractivity contribution in [2.24, 2.45) is 0 Å². The molecule has 1 saturated heterocycles. The number of rotatable bonds is 2. The molecule has 112 valence electrons. The van der Waals surface area contributed by atoms with Crippen LogP contribution in [0.15, 0.2) is 0 Å². The first-order chi connectivity index (χ1) is 10.1. The van der Waals surface area contributed by atoms with Crippen molar-refractivity contribution in [3.05, 3.63) is 16.3 Å². The minimum absolute atomic E-state index is 0.527. The van der Waals surface area contributed by atoms with E-state index in [1.807, 2.05) is 25.2 Å². The Balaban J connectivity index is 1.83. The van der Waals surface area contributed by atoms with E-state index in [1.165, 1.54) is 35.1 Å². The maximum absolute atomic E-state index is 10.3. The first-order valence-electron chi connectivity index (χ1n) is 7.86. The van der Waals surface area contributed by atoms with Crippen molar-refractivity contribution in [2.45, 2.75) is 51.6 Å². The van der Waals surface area contributed by atoms with Crippen LogP contribution >= 0.6 is 11.3 Å². The van der Waals surface area contributed by atoms with E-state index in [2.05, 4.69) is 9.88 Å². The molecule has 4 nitrogen and oxygen atoms in total. The van der Waals surface area contributed by atoms with Crippen LogP contribution < -0.4 is 4.90 Å². The van der Waals surface area contributed by atoms with Crippen molar-refractivity contribution in [1.82, 2.24) is 9.97 Å². The summed E-state index contributed by atoms with van der Waals surface area (Å²) in [6, 6.07) is 0. The van der Waals surface area contributed by atoms with Crippen molar-refractivity contribution in [3.8, 4) is 0 Å². The Hall–Kier alpha value is -1.20. The zero-order chi connectivity index (χ0) is 14.6. The molecule has 4 rings (SSSR count). The number of thiophene rings is 1. The maximum Gasteiger partial charge on any atom is 0.141 e. The second-order valence-corrected chi connectivity index (χ2v) is 7.50. The van der Waals surface area contributed by atoms with Gasteiger partial charge in [-0.05, 0) is 44.6 Å². The van der Waals surface area contributed by atoms with Crippen molar-refractivity contribution < 1.29 is 5.11 Å². The number of aliphatic hydroxyl groups is 1. The summed E-state index contributed by atoms with van der Waals surface area (Å²) in [6.45, 7) is 5.40. The molecule has 0 bridgehead atoms. The molecule has 2 aromatic heterocycles. The molecule has 3 heterocycles. The Morgan fingerprint density at radius 3 is 2.76 bits per heavy atom. The lowest BCUT2D eigenvalue weighted by molar-refractivity contribution is 0.00821. The Bertz CT molecular complexity index is 703. The number of anilines is 1. The summed E-state index contributed by atoms with van der Waals surface area (Å²) in [5.41, 5.74) is 0.949. The van der Waals surface area contributed by atoms with Crippen LogP contribution in [0.5, 0.6) is 0 Å². The molecule has 0 spiro atoms. The average Bonchev–Trinajstić information content (AvgIpc) is 2.81. The first-order valence-corrected chi connectivity index (χ1v) is 8.67. The fourth-order valence-corrected chi connectivity index (χ4v) is 4.81. The Morgan fingerprint density at radius 1 is 1.24 bits per heavy atom. The van der Waals surface area contributed by atoms with Gasteiger partial charge >= 0.3 is 0 Å². The van der Waals surface area contributed by atoms with Crippen LogP contribution in [-0.2, 0) is 12.8 Å². The quantitative estimate of drug-likeness (QED) is 0.927. The van der Waals surface area contributed by atoms with Crippen molar-refractivity contribution in [1.29, 1.82) is 0 Å². The third-order valence-corrected chi connectivity index (χ3v) is 6.02. The molecule has 1 N–H and O–H groups in total. The Kier molecular flexibility index (Phi) is 2.98. The molecule has 0 amide bonds. The lowest BCUT2D eigenvalue weighted by Crippen LogP contribution is -2.62. The third kappa shape index (κ3) is 2.06. The largest absolute Gasteiger partial charge is 0.386 e. The predicted octanol–water partition coefficient (Wildman–Crippen LogP) is 2.84. The summed E-state index contributed by atoms with van der Waals surface area (Å²) in [6.07, 6.45) is 5.71. The highest BCUT2D eigenvalue weighted by molar-refractivity contribution is 7.19. The van der Waals surface area contributed by atoms with Gasteiger partial charge in [0.1, 0.15) is 16.5 Å². The van der Waals surface area contributed by atoms with Gasteiger partial charge in [0.25, 0.3) is 0 Å². The van der Waals surface area contributed by atoms with Crippen molar-refractivity contribution in [2.75, 3.05) is 18.0 Å². The number of hydrogen-bond donors (Lipinski definition) is 1. The molecule has 1 aliphatic carbocycles. The number of fused-ring (bicyclic) bond motifs is 3. The fraction of sp³-hybridized carbons (Fsp3) is 0.625. The fourth-order valence-electron chi connectivity index (χ4n) is 3.51. The Labute approximate surface area is 128 Å². The van der Waals surface area contributed by atoms with Crippen LogP contribution in [0.4, 0.5) is 5.82 Å². The minimum Gasteiger partial charge on any atom is -0.386 e. The van der Waals surface area contributed by atoms with Gasteiger partial charge in [-0.2, -0.15) is 0 Å². The summed E-state index contributed by atoms with van der Waals surface area (Å²) < 4.78 is 0. The molecule has 0 radical (unpaired) electrons. The predicted molar refractivity (Wildman–Crippen MR) is 86.2 cm³/mol. The second kappa shape index (κ2) is 4.65. The highest BCUT2D eigenvalue weighted by Crippen LogP contribution is 2.41. The molecule has 0 aromatic carbocycles. The zero-order valence-electron chi connectivity index (χ0n) is 12.6. The van der Waals surface area contributed by atoms with Crippen LogP contribution in [0.25, 0.3) is 10.2 Å². The summed E-state index contributed by atoms with van der Waals surface area (Å²) in [4.78, 5) is 14.2. The molecular formula is C16H21N3OS. The summed E-state index contributed by atoms with van der Waals surface area (Å²) >= 11 is 1.85. The number of aryl methyl sites for hydroxylation is 3. The van der Waals surface area contributed by atoms with Gasteiger partial charge in [0.05, 0.1) is 11.0 Å². The van der Waals surface area contributed by atoms with E-state index in [0.717, 1.165) is 29.3 Å². The highest BCUT2D eigenvalue weighted by atomic mass is 32.1. The van der Waals surface area contributed by atoms with Crippen molar-refractivity contribution in [3.63, 3.8) is 0 Å². The zero-order valence-corrected chi connectivity index (χ0v) is 13.5. The number of hydrogen-bond acceptors (Lipinski definition) is 5. The summed E-state index contributed by atoms with van der Waals surface area (Å²) in [7, 11) is 0. The van der Waals surface area contributed by atoms with Gasteiger partial charge in [0.2, 0.25) is 0 Å². The number of aromatic nitrogens is 2. The molecule has 1 aliphatic heterocycles. The SMILES string of the molecule is CCC1(O)CN(c2nc(C)nc3sc4c(c23)CCCC4)C1. The van der Waals surface area contributed by atoms with Gasteiger partial charge in [-0.25, -0.2) is 9.97 Å². The molecule has 1 fully saturated rings. The van der Waals surface area contributed by atoms with Crippen LogP contribution in [-0.4, -0.2) is 33.8 Å². The van der Waals surface area contributed by atoms with E-state index in [-0.39, 0.29) is 0 Å². The van der Waals surface area contributed by atoms with Crippen LogP contribution in [0.1, 0.15) is 42.5 Å². The molecular weight excluding hydrogens is 282 g/mol. The van der Waals surface area contributed by atoms with E-state index in [1.54, 1.807) is 0 Å². The monoisotopic (exact) mass is 303 g/mol. The molecule has 0 saturated carbocycles.